The first-order chi connectivity index (χ1) is 9.74. The molecule has 2 N–H and O–H groups in total. The Kier molecular flexibility index (Phi) is 3.98. The van der Waals surface area contributed by atoms with E-state index in [1.165, 1.54) is 20.1 Å². The van der Waals surface area contributed by atoms with Crippen LogP contribution in [0.5, 0.6) is 0 Å². The number of hydrogen-bond donors (Lipinski definition) is 1. The van der Waals surface area contributed by atoms with E-state index in [4.69, 9.17) is 5.73 Å². The van der Waals surface area contributed by atoms with Gasteiger partial charge in [0, 0.05) is 21.2 Å². The lowest BCUT2D eigenvalue weighted by atomic mass is 9.97. The van der Waals surface area contributed by atoms with Crippen LogP contribution in [-0.4, -0.2) is 4.98 Å². The Balaban J connectivity index is 1.93. The van der Waals surface area contributed by atoms with E-state index in [1.807, 2.05) is 24.4 Å². The van der Waals surface area contributed by atoms with Crippen molar-refractivity contribution in [2.45, 2.75) is 12.5 Å². The smallest absolute Gasteiger partial charge is 0.0704 e. The van der Waals surface area contributed by atoms with Crippen LogP contribution in [-0.2, 0) is 6.42 Å². The molecule has 0 aliphatic heterocycles. The van der Waals surface area contributed by atoms with Gasteiger partial charge in [0.25, 0.3) is 0 Å². The van der Waals surface area contributed by atoms with Crippen LogP contribution in [0, 0.1) is 3.57 Å². The first-order valence-corrected chi connectivity index (χ1v) is 7.65. The SMILES string of the molecule is NC(Cc1ccnc2ccccc12)c1cccc(I)c1. The minimum atomic E-state index is 0.00974. The van der Waals surface area contributed by atoms with Gasteiger partial charge in [-0.15, -0.1) is 0 Å². The van der Waals surface area contributed by atoms with Crippen molar-refractivity contribution >= 4 is 33.5 Å². The first kappa shape index (κ1) is 13.5. The molecule has 0 fully saturated rings. The molecule has 0 aliphatic carbocycles. The molecule has 1 heterocycles. The normalized spacial score (nSPS) is 12.5. The van der Waals surface area contributed by atoms with Crippen molar-refractivity contribution in [2.24, 2.45) is 5.73 Å². The highest BCUT2D eigenvalue weighted by Crippen LogP contribution is 2.23. The highest BCUT2D eigenvalue weighted by molar-refractivity contribution is 14.1. The molecule has 1 aromatic heterocycles. The number of halogens is 1. The van der Waals surface area contributed by atoms with Gasteiger partial charge in [0.2, 0.25) is 0 Å². The van der Waals surface area contributed by atoms with Crippen LogP contribution in [0.2, 0.25) is 0 Å². The van der Waals surface area contributed by atoms with Crippen LogP contribution in [0.3, 0.4) is 0 Å². The molecule has 0 aliphatic rings. The number of rotatable bonds is 3. The van der Waals surface area contributed by atoms with E-state index in [9.17, 15) is 0 Å². The Labute approximate surface area is 132 Å². The van der Waals surface area contributed by atoms with Gasteiger partial charge in [-0.1, -0.05) is 30.3 Å². The summed E-state index contributed by atoms with van der Waals surface area (Å²) < 4.78 is 1.22. The molecule has 0 bridgehead atoms. The molecule has 1 unspecified atom stereocenters. The van der Waals surface area contributed by atoms with Gasteiger partial charge in [-0.05, 0) is 64.4 Å². The summed E-state index contributed by atoms with van der Waals surface area (Å²) >= 11 is 2.32. The van der Waals surface area contributed by atoms with Crippen LogP contribution in [0.1, 0.15) is 17.2 Å². The van der Waals surface area contributed by atoms with Gasteiger partial charge in [-0.3, -0.25) is 4.98 Å². The molecule has 2 aromatic carbocycles. The largest absolute Gasteiger partial charge is 0.324 e. The highest BCUT2D eigenvalue weighted by atomic mass is 127. The lowest BCUT2D eigenvalue weighted by Crippen LogP contribution is -2.13. The number of nitrogens with two attached hydrogens (primary N) is 1. The van der Waals surface area contributed by atoms with Crippen molar-refractivity contribution in [3.63, 3.8) is 0 Å². The Morgan fingerprint density at radius 2 is 1.90 bits per heavy atom. The summed E-state index contributed by atoms with van der Waals surface area (Å²) in [5.74, 6) is 0. The summed E-state index contributed by atoms with van der Waals surface area (Å²) in [5, 5.41) is 1.19. The summed E-state index contributed by atoms with van der Waals surface area (Å²) in [6, 6.07) is 18.7. The zero-order chi connectivity index (χ0) is 13.9. The Bertz CT molecular complexity index is 734. The predicted octanol–water partition coefficient (Wildman–Crippen LogP) is 4.08. The number of hydrogen-bond acceptors (Lipinski definition) is 2. The molecule has 1 atom stereocenters. The molecule has 3 aromatic rings. The number of fused-ring (bicyclic) bond motifs is 1. The zero-order valence-electron chi connectivity index (χ0n) is 11.0. The van der Waals surface area contributed by atoms with Gasteiger partial charge < -0.3 is 5.73 Å². The molecule has 0 radical (unpaired) electrons. The van der Waals surface area contributed by atoms with E-state index in [-0.39, 0.29) is 6.04 Å². The van der Waals surface area contributed by atoms with Gasteiger partial charge in [0.05, 0.1) is 5.52 Å². The van der Waals surface area contributed by atoms with Crippen LogP contribution < -0.4 is 5.73 Å². The summed E-state index contributed by atoms with van der Waals surface area (Å²) in [7, 11) is 0. The van der Waals surface area contributed by atoms with Crippen molar-refractivity contribution in [1.82, 2.24) is 4.98 Å². The summed E-state index contributed by atoms with van der Waals surface area (Å²) in [5.41, 5.74) is 9.82. The Morgan fingerprint density at radius 3 is 2.75 bits per heavy atom. The summed E-state index contributed by atoms with van der Waals surface area (Å²) in [6.45, 7) is 0. The average Bonchev–Trinajstić information content (AvgIpc) is 2.47. The molecule has 0 saturated carbocycles. The van der Waals surface area contributed by atoms with Gasteiger partial charge in [-0.2, -0.15) is 0 Å². The van der Waals surface area contributed by atoms with Gasteiger partial charge in [0.1, 0.15) is 0 Å². The van der Waals surface area contributed by atoms with E-state index < -0.39 is 0 Å². The molecular weight excluding hydrogens is 359 g/mol. The maximum atomic E-state index is 6.36. The van der Waals surface area contributed by atoms with Crippen molar-refractivity contribution < 1.29 is 0 Å². The molecule has 2 nitrogen and oxygen atoms in total. The van der Waals surface area contributed by atoms with E-state index >= 15 is 0 Å². The minimum Gasteiger partial charge on any atom is -0.324 e. The number of nitrogens with zero attached hydrogens (tertiary/aromatic N) is 1. The van der Waals surface area contributed by atoms with Crippen molar-refractivity contribution in [2.75, 3.05) is 0 Å². The van der Waals surface area contributed by atoms with Gasteiger partial charge in [-0.25, -0.2) is 0 Å². The molecule has 20 heavy (non-hydrogen) atoms. The number of para-hydroxylation sites is 1. The lowest BCUT2D eigenvalue weighted by molar-refractivity contribution is 0.724. The maximum Gasteiger partial charge on any atom is 0.0704 e. The Morgan fingerprint density at radius 1 is 1.05 bits per heavy atom. The van der Waals surface area contributed by atoms with Crippen LogP contribution in [0.15, 0.2) is 60.8 Å². The highest BCUT2D eigenvalue weighted by Gasteiger charge is 2.10. The molecule has 0 amide bonds. The van der Waals surface area contributed by atoms with Gasteiger partial charge >= 0.3 is 0 Å². The van der Waals surface area contributed by atoms with E-state index in [1.54, 1.807) is 0 Å². The number of aromatic nitrogens is 1. The fraction of sp³-hybridized carbons (Fsp3) is 0.118. The summed E-state index contributed by atoms with van der Waals surface area (Å²) in [6.07, 6.45) is 2.68. The van der Waals surface area contributed by atoms with Crippen LogP contribution in [0.25, 0.3) is 10.9 Å². The predicted molar refractivity (Wildman–Crippen MR) is 91.5 cm³/mol. The Hall–Kier alpha value is -1.46. The first-order valence-electron chi connectivity index (χ1n) is 6.58. The molecule has 0 saturated heterocycles. The quantitative estimate of drug-likeness (QED) is 0.702. The summed E-state index contributed by atoms with van der Waals surface area (Å²) in [4.78, 5) is 4.39. The van der Waals surface area contributed by atoms with E-state index in [0.717, 1.165) is 11.9 Å². The zero-order valence-corrected chi connectivity index (χ0v) is 13.1. The lowest BCUT2D eigenvalue weighted by Gasteiger charge is -2.14. The van der Waals surface area contributed by atoms with Crippen molar-refractivity contribution in [1.29, 1.82) is 0 Å². The van der Waals surface area contributed by atoms with E-state index in [0.29, 0.717) is 0 Å². The van der Waals surface area contributed by atoms with Crippen molar-refractivity contribution in [3.8, 4) is 0 Å². The average molecular weight is 374 g/mol. The standard InChI is InChI=1S/C17H15IN2/c18-14-5-3-4-13(10-14)16(19)11-12-8-9-20-17-7-2-1-6-15(12)17/h1-10,16H,11,19H2. The third kappa shape index (κ3) is 2.83. The van der Waals surface area contributed by atoms with Gasteiger partial charge in [0.15, 0.2) is 0 Å². The monoisotopic (exact) mass is 374 g/mol. The second-order valence-electron chi connectivity index (χ2n) is 4.85. The van der Waals surface area contributed by atoms with Crippen molar-refractivity contribution in [3.05, 3.63) is 75.5 Å². The second-order valence-corrected chi connectivity index (χ2v) is 6.10. The number of benzene rings is 2. The fourth-order valence-corrected chi connectivity index (χ4v) is 2.99. The second kappa shape index (κ2) is 5.89. The molecule has 100 valence electrons. The van der Waals surface area contributed by atoms with Crippen LogP contribution >= 0.6 is 22.6 Å². The van der Waals surface area contributed by atoms with Crippen LogP contribution in [0.4, 0.5) is 0 Å². The molecule has 0 spiro atoms. The third-order valence-corrected chi connectivity index (χ3v) is 4.13. The third-order valence-electron chi connectivity index (χ3n) is 3.46. The molecule has 3 heteroatoms. The minimum absolute atomic E-state index is 0.00974. The fourth-order valence-electron chi connectivity index (χ4n) is 2.43. The topological polar surface area (TPSA) is 38.9 Å². The maximum absolute atomic E-state index is 6.36. The van der Waals surface area contributed by atoms with E-state index in [2.05, 4.69) is 64.0 Å². The number of pyridine rings is 1. The molecule has 3 rings (SSSR count). The molecular formula is C17H15IN2.